The van der Waals surface area contributed by atoms with E-state index in [4.69, 9.17) is 5.26 Å². The number of nitrogens with one attached hydrogen (secondary N) is 1. The zero-order valence-electron chi connectivity index (χ0n) is 10.4. The molecule has 19 heavy (non-hydrogen) atoms. The Balaban J connectivity index is 1.98. The van der Waals surface area contributed by atoms with Crippen LogP contribution in [0, 0.1) is 16.7 Å². The quantitative estimate of drug-likeness (QED) is 0.867. The van der Waals surface area contributed by atoms with Crippen LogP contribution in [0.1, 0.15) is 18.5 Å². The van der Waals surface area contributed by atoms with Crippen LogP contribution >= 0.6 is 0 Å². The van der Waals surface area contributed by atoms with Crippen LogP contribution in [0.3, 0.4) is 0 Å². The van der Waals surface area contributed by atoms with Crippen molar-refractivity contribution in [2.45, 2.75) is 12.8 Å². The molecule has 1 fully saturated rings. The highest BCUT2D eigenvalue weighted by molar-refractivity contribution is 5.92. The summed E-state index contributed by atoms with van der Waals surface area (Å²) in [4.78, 5) is 0. The summed E-state index contributed by atoms with van der Waals surface area (Å²) in [6.45, 7) is 0.839. The number of benzene rings is 1. The van der Waals surface area contributed by atoms with Gasteiger partial charge in [-0.25, -0.2) is 0 Å². The fraction of sp³-hybridized carbons (Fsp3) is 0.357. The number of rotatable bonds is 4. The number of nitriles is 1. The number of fused-ring (bicyclic) bond motifs is 1. The molecule has 0 spiro atoms. The molecule has 5 heteroatoms. The summed E-state index contributed by atoms with van der Waals surface area (Å²) in [7, 11) is 0. The first-order valence-electron chi connectivity index (χ1n) is 6.28. The molecule has 1 aromatic heterocycles. The van der Waals surface area contributed by atoms with Gasteiger partial charge < -0.3 is 10.4 Å². The second kappa shape index (κ2) is 4.48. The number of hydrogen-bond donors (Lipinski definition) is 2. The normalized spacial score (nSPS) is 16.0. The molecule has 0 atom stereocenters. The maximum Gasteiger partial charge on any atom is 0.186 e. The summed E-state index contributed by atoms with van der Waals surface area (Å²) in [5, 5.41) is 30.6. The van der Waals surface area contributed by atoms with Gasteiger partial charge in [0.1, 0.15) is 6.07 Å². The molecule has 96 valence electrons. The Hall–Kier alpha value is -2.19. The van der Waals surface area contributed by atoms with Crippen molar-refractivity contribution < 1.29 is 5.11 Å². The molecule has 0 bridgehead atoms. The third-order valence-electron chi connectivity index (χ3n) is 3.71. The smallest absolute Gasteiger partial charge is 0.186 e. The molecule has 2 N–H and O–H groups in total. The van der Waals surface area contributed by atoms with Gasteiger partial charge in [0.25, 0.3) is 0 Å². The fourth-order valence-electron chi connectivity index (χ4n) is 2.15. The maximum atomic E-state index is 9.34. The van der Waals surface area contributed by atoms with Crippen LogP contribution in [0.5, 0.6) is 0 Å². The van der Waals surface area contributed by atoms with Crippen LogP contribution < -0.4 is 5.32 Å². The predicted molar refractivity (Wildman–Crippen MR) is 71.5 cm³/mol. The van der Waals surface area contributed by atoms with E-state index in [-0.39, 0.29) is 12.0 Å². The van der Waals surface area contributed by atoms with Gasteiger partial charge in [0.15, 0.2) is 5.69 Å². The van der Waals surface area contributed by atoms with Crippen molar-refractivity contribution in [3.05, 3.63) is 30.0 Å². The molecule has 0 amide bonds. The van der Waals surface area contributed by atoms with Crippen LogP contribution in [0.4, 0.5) is 5.69 Å². The molecule has 1 aromatic carbocycles. The summed E-state index contributed by atoms with van der Waals surface area (Å²) in [6, 6.07) is 9.66. The average molecular weight is 254 g/mol. The van der Waals surface area contributed by atoms with Crippen LogP contribution in [0.25, 0.3) is 10.9 Å². The number of nitrogens with zero attached hydrogens (tertiary/aromatic N) is 3. The van der Waals surface area contributed by atoms with Crippen LogP contribution in [-0.4, -0.2) is 28.5 Å². The van der Waals surface area contributed by atoms with Gasteiger partial charge in [0, 0.05) is 17.3 Å². The maximum absolute atomic E-state index is 9.34. The number of anilines is 1. The first-order chi connectivity index (χ1) is 9.28. The first-order valence-corrected chi connectivity index (χ1v) is 6.28. The van der Waals surface area contributed by atoms with Crippen molar-refractivity contribution in [3.63, 3.8) is 0 Å². The lowest BCUT2D eigenvalue weighted by molar-refractivity contribution is 0.220. The third-order valence-corrected chi connectivity index (χ3v) is 3.71. The lowest BCUT2D eigenvalue weighted by Gasteiger charge is -2.15. The molecule has 0 unspecified atom stereocenters. The zero-order chi connectivity index (χ0) is 13.3. The molecule has 0 aliphatic heterocycles. The molecular formula is C14H14N4O. The van der Waals surface area contributed by atoms with E-state index in [0.717, 1.165) is 23.7 Å². The van der Waals surface area contributed by atoms with Gasteiger partial charge in [-0.05, 0) is 18.9 Å². The average Bonchev–Trinajstić information content (AvgIpc) is 3.25. The van der Waals surface area contributed by atoms with Crippen molar-refractivity contribution in [1.82, 2.24) is 10.2 Å². The topological polar surface area (TPSA) is 81.8 Å². The SMILES string of the molecule is N#Cc1nnc2ccccc2c1NCC1(CO)CC1. The largest absolute Gasteiger partial charge is 0.396 e. The Labute approximate surface area is 110 Å². The van der Waals surface area contributed by atoms with Gasteiger partial charge in [-0.1, -0.05) is 18.2 Å². The second-order valence-corrected chi connectivity index (χ2v) is 5.06. The van der Waals surface area contributed by atoms with E-state index >= 15 is 0 Å². The third kappa shape index (κ3) is 2.11. The number of aliphatic hydroxyl groups is 1. The Morgan fingerprint density at radius 3 is 2.79 bits per heavy atom. The summed E-state index contributed by atoms with van der Waals surface area (Å²) in [5.74, 6) is 0. The van der Waals surface area contributed by atoms with E-state index in [2.05, 4.69) is 21.6 Å². The van der Waals surface area contributed by atoms with Crippen LogP contribution in [0.15, 0.2) is 24.3 Å². The minimum Gasteiger partial charge on any atom is -0.396 e. The van der Waals surface area contributed by atoms with Crippen molar-refractivity contribution in [2.75, 3.05) is 18.5 Å². The molecule has 2 aromatic rings. The first kappa shape index (κ1) is 11.9. The van der Waals surface area contributed by atoms with Gasteiger partial charge >= 0.3 is 0 Å². The second-order valence-electron chi connectivity index (χ2n) is 5.06. The van der Waals surface area contributed by atoms with E-state index in [0.29, 0.717) is 17.9 Å². The lowest BCUT2D eigenvalue weighted by atomic mass is 10.1. The van der Waals surface area contributed by atoms with Crippen molar-refractivity contribution >= 4 is 16.6 Å². The molecule has 5 nitrogen and oxygen atoms in total. The number of aliphatic hydroxyl groups excluding tert-OH is 1. The fourth-order valence-corrected chi connectivity index (χ4v) is 2.15. The highest BCUT2D eigenvalue weighted by Gasteiger charge is 2.41. The summed E-state index contributed by atoms with van der Waals surface area (Å²) < 4.78 is 0. The van der Waals surface area contributed by atoms with E-state index in [1.807, 2.05) is 24.3 Å². The van der Waals surface area contributed by atoms with E-state index in [9.17, 15) is 5.11 Å². The molecule has 1 aliphatic carbocycles. The Morgan fingerprint density at radius 2 is 2.11 bits per heavy atom. The lowest BCUT2D eigenvalue weighted by Crippen LogP contribution is -2.20. The van der Waals surface area contributed by atoms with Crippen molar-refractivity contribution in [1.29, 1.82) is 5.26 Å². The van der Waals surface area contributed by atoms with Gasteiger partial charge in [-0.2, -0.15) is 5.26 Å². The van der Waals surface area contributed by atoms with Crippen LogP contribution in [-0.2, 0) is 0 Å². The molecule has 1 aliphatic rings. The van der Waals surface area contributed by atoms with E-state index in [1.54, 1.807) is 0 Å². The highest BCUT2D eigenvalue weighted by Crippen LogP contribution is 2.45. The van der Waals surface area contributed by atoms with Gasteiger partial charge in [-0.3, -0.25) is 0 Å². The molecule has 0 saturated heterocycles. The summed E-state index contributed by atoms with van der Waals surface area (Å²) in [6.07, 6.45) is 2.05. The van der Waals surface area contributed by atoms with Gasteiger partial charge in [0.05, 0.1) is 17.8 Å². The number of hydrogen-bond acceptors (Lipinski definition) is 5. The monoisotopic (exact) mass is 254 g/mol. The molecule has 1 saturated carbocycles. The standard InChI is InChI=1S/C14H14N4O/c15-7-12-13(16-8-14(9-19)5-6-14)10-3-1-2-4-11(10)17-18-12/h1-4,19H,5-6,8-9H2,(H,16,17). The molecule has 3 rings (SSSR count). The molecule has 1 heterocycles. The van der Waals surface area contributed by atoms with Crippen molar-refractivity contribution in [3.8, 4) is 6.07 Å². The molecular weight excluding hydrogens is 240 g/mol. The zero-order valence-corrected chi connectivity index (χ0v) is 10.4. The Morgan fingerprint density at radius 1 is 1.32 bits per heavy atom. The molecule has 0 radical (unpaired) electrons. The summed E-state index contributed by atoms with van der Waals surface area (Å²) >= 11 is 0. The van der Waals surface area contributed by atoms with Crippen LogP contribution in [0.2, 0.25) is 0 Å². The summed E-state index contributed by atoms with van der Waals surface area (Å²) in [5.41, 5.74) is 1.76. The van der Waals surface area contributed by atoms with E-state index in [1.165, 1.54) is 0 Å². The Bertz CT molecular complexity index is 658. The van der Waals surface area contributed by atoms with E-state index < -0.39 is 0 Å². The van der Waals surface area contributed by atoms with Gasteiger partial charge in [0.2, 0.25) is 0 Å². The Kier molecular flexibility index (Phi) is 2.80. The minimum atomic E-state index is -0.0168. The predicted octanol–water partition coefficient (Wildman–Crippen LogP) is 1.69. The highest BCUT2D eigenvalue weighted by atomic mass is 16.3. The minimum absolute atomic E-state index is 0.0168. The number of aromatic nitrogens is 2. The van der Waals surface area contributed by atoms with Crippen molar-refractivity contribution in [2.24, 2.45) is 5.41 Å². The van der Waals surface area contributed by atoms with Gasteiger partial charge in [-0.15, -0.1) is 10.2 Å².